The highest BCUT2D eigenvalue weighted by Crippen LogP contribution is 2.24. The Labute approximate surface area is 140 Å². The third-order valence-electron chi connectivity index (χ3n) is 2.61. The summed E-state index contributed by atoms with van der Waals surface area (Å²) in [6.07, 6.45) is 0. The molecule has 20 heavy (non-hydrogen) atoms. The number of anilines is 1. The molecule has 0 unspecified atom stereocenters. The topological polar surface area (TPSA) is 55.1 Å². The van der Waals surface area contributed by atoms with Gasteiger partial charge in [-0.25, -0.2) is 0 Å². The Bertz CT molecular complexity index is 673. The molecule has 0 aromatic heterocycles. The lowest BCUT2D eigenvalue weighted by Gasteiger charge is -2.08. The zero-order valence-corrected chi connectivity index (χ0v) is 13.9. The molecule has 2 aromatic rings. The van der Waals surface area contributed by atoms with Crippen LogP contribution in [0.15, 0.2) is 42.5 Å². The van der Waals surface area contributed by atoms with Gasteiger partial charge in [-0.15, -0.1) is 0 Å². The second kappa shape index (κ2) is 6.51. The lowest BCUT2D eigenvalue weighted by Crippen LogP contribution is -2.13. The second-order valence-electron chi connectivity index (χ2n) is 4.02. The maximum absolute atomic E-state index is 12.1. The van der Waals surface area contributed by atoms with Crippen LogP contribution in [0.2, 0.25) is 5.02 Å². The predicted octanol–water partition coefficient (Wildman–Crippen LogP) is 3.83. The van der Waals surface area contributed by atoms with Crippen LogP contribution in [-0.2, 0) is 0 Å². The van der Waals surface area contributed by atoms with Crippen molar-refractivity contribution in [1.82, 2.24) is 0 Å². The fourth-order valence-electron chi connectivity index (χ4n) is 1.57. The molecular weight excluding hydrogens is 407 g/mol. The van der Waals surface area contributed by atoms with E-state index in [0.717, 1.165) is 9.13 Å². The number of hydrogen-bond donors (Lipinski definition) is 2. The molecule has 0 saturated carbocycles. The molecule has 2 rings (SSSR count). The first-order chi connectivity index (χ1) is 9.47. The Morgan fingerprint density at radius 2 is 1.75 bits per heavy atom. The van der Waals surface area contributed by atoms with Gasteiger partial charge >= 0.3 is 0 Å². The van der Waals surface area contributed by atoms with Crippen molar-refractivity contribution in [1.29, 1.82) is 0 Å². The molecular formula is C14H10ClIN2OS. The minimum absolute atomic E-state index is 0.234. The Morgan fingerprint density at radius 1 is 1.15 bits per heavy atom. The van der Waals surface area contributed by atoms with Crippen molar-refractivity contribution < 1.29 is 4.79 Å². The van der Waals surface area contributed by atoms with Gasteiger partial charge in [-0.05, 0) is 52.9 Å². The first-order valence-electron chi connectivity index (χ1n) is 5.63. The largest absolute Gasteiger partial charge is 0.389 e. The van der Waals surface area contributed by atoms with Gasteiger partial charge in [-0.3, -0.25) is 4.79 Å². The Balaban J connectivity index is 2.17. The molecule has 3 nitrogen and oxygen atoms in total. The molecule has 0 radical (unpaired) electrons. The maximum atomic E-state index is 12.1. The Morgan fingerprint density at radius 3 is 2.30 bits per heavy atom. The van der Waals surface area contributed by atoms with Gasteiger partial charge in [0.25, 0.3) is 5.91 Å². The van der Waals surface area contributed by atoms with Crippen LogP contribution >= 0.6 is 46.4 Å². The minimum Gasteiger partial charge on any atom is -0.389 e. The first kappa shape index (κ1) is 15.2. The van der Waals surface area contributed by atoms with E-state index in [1.807, 2.05) is 6.07 Å². The lowest BCUT2D eigenvalue weighted by atomic mass is 10.1. The molecule has 0 saturated heterocycles. The molecule has 0 aliphatic rings. The van der Waals surface area contributed by atoms with E-state index < -0.39 is 0 Å². The molecule has 3 N–H and O–H groups in total. The van der Waals surface area contributed by atoms with Gasteiger partial charge in [0.15, 0.2) is 0 Å². The summed E-state index contributed by atoms with van der Waals surface area (Å²) in [5, 5.41) is 3.27. The number of amides is 1. The number of benzene rings is 2. The van der Waals surface area contributed by atoms with Crippen molar-refractivity contribution in [3.05, 3.63) is 62.2 Å². The summed E-state index contributed by atoms with van der Waals surface area (Å²) in [5.41, 5.74) is 7.33. The number of nitrogens with one attached hydrogen (secondary N) is 1. The van der Waals surface area contributed by atoms with Crippen LogP contribution in [0.25, 0.3) is 0 Å². The predicted molar refractivity (Wildman–Crippen MR) is 94.5 cm³/mol. The van der Waals surface area contributed by atoms with E-state index in [4.69, 9.17) is 29.6 Å². The summed E-state index contributed by atoms with van der Waals surface area (Å²) in [7, 11) is 0. The quantitative estimate of drug-likeness (QED) is 0.591. The average Bonchev–Trinajstić information content (AvgIpc) is 2.42. The van der Waals surface area contributed by atoms with Crippen LogP contribution in [0.4, 0.5) is 5.69 Å². The van der Waals surface area contributed by atoms with E-state index in [9.17, 15) is 4.79 Å². The van der Waals surface area contributed by atoms with Gasteiger partial charge in [-0.2, -0.15) is 0 Å². The monoisotopic (exact) mass is 416 g/mol. The molecule has 0 atom stereocenters. The third-order valence-corrected chi connectivity index (χ3v) is 3.83. The summed E-state index contributed by atoms with van der Waals surface area (Å²) >= 11 is 13.1. The number of halogens is 2. The normalized spacial score (nSPS) is 10.1. The molecule has 1 amide bonds. The Kier molecular flexibility index (Phi) is 4.95. The summed E-state index contributed by atoms with van der Waals surface area (Å²) < 4.78 is 1.01. The molecule has 6 heteroatoms. The van der Waals surface area contributed by atoms with Crippen molar-refractivity contribution in [3.8, 4) is 0 Å². The number of rotatable bonds is 3. The summed E-state index contributed by atoms with van der Waals surface area (Å²) in [5.74, 6) is -0.234. The van der Waals surface area contributed by atoms with Crippen molar-refractivity contribution in [3.63, 3.8) is 0 Å². The summed E-state index contributed by atoms with van der Waals surface area (Å²) in [4.78, 5) is 12.4. The fourth-order valence-corrected chi connectivity index (χ4v) is 2.61. The van der Waals surface area contributed by atoms with Gasteiger partial charge in [0.2, 0.25) is 0 Å². The minimum atomic E-state index is -0.234. The zero-order chi connectivity index (χ0) is 14.7. The van der Waals surface area contributed by atoms with Crippen molar-refractivity contribution in [2.24, 2.45) is 5.73 Å². The summed E-state index contributed by atoms with van der Waals surface area (Å²) in [6, 6.07) is 12.2. The highest BCUT2D eigenvalue weighted by Gasteiger charge is 2.09. The SMILES string of the molecule is NC(=S)c1ccc(C(=O)Nc2ccc(I)cc2Cl)cc1. The molecule has 0 fully saturated rings. The van der Waals surface area contributed by atoms with E-state index in [2.05, 4.69) is 27.9 Å². The van der Waals surface area contributed by atoms with Crippen LogP contribution in [0.1, 0.15) is 15.9 Å². The van der Waals surface area contributed by atoms with E-state index in [0.29, 0.717) is 21.3 Å². The molecule has 0 bridgehead atoms. The van der Waals surface area contributed by atoms with E-state index in [1.54, 1.807) is 36.4 Å². The number of thiocarbonyl (C=S) groups is 1. The van der Waals surface area contributed by atoms with Crippen LogP contribution in [-0.4, -0.2) is 10.9 Å². The van der Waals surface area contributed by atoms with Crippen molar-refractivity contribution in [2.75, 3.05) is 5.32 Å². The molecule has 0 spiro atoms. The summed E-state index contributed by atoms with van der Waals surface area (Å²) in [6.45, 7) is 0. The number of carbonyl (C=O) groups excluding carboxylic acids is 1. The highest BCUT2D eigenvalue weighted by molar-refractivity contribution is 14.1. The molecule has 2 aromatic carbocycles. The van der Waals surface area contributed by atoms with Gasteiger partial charge in [0.05, 0.1) is 10.7 Å². The maximum Gasteiger partial charge on any atom is 0.255 e. The standard InChI is InChI=1S/C14H10ClIN2OS/c15-11-7-10(16)5-6-12(11)18-14(19)9-3-1-8(2-4-9)13(17)20/h1-7H,(H2,17,20)(H,18,19). The molecule has 0 heterocycles. The molecule has 0 aliphatic heterocycles. The molecule has 0 aliphatic carbocycles. The van der Waals surface area contributed by atoms with Gasteiger partial charge in [-0.1, -0.05) is 36.0 Å². The lowest BCUT2D eigenvalue weighted by molar-refractivity contribution is 0.102. The van der Waals surface area contributed by atoms with E-state index >= 15 is 0 Å². The van der Waals surface area contributed by atoms with Crippen LogP contribution < -0.4 is 11.1 Å². The zero-order valence-electron chi connectivity index (χ0n) is 10.2. The van der Waals surface area contributed by atoms with E-state index in [1.165, 1.54) is 0 Å². The van der Waals surface area contributed by atoms with Crippen LogP contribution in [0.3, 0.4) is 0 Å². The number of carbonyl (C=O) groups is 1. The first-order valence-corrected chi connectivity index (χ1v) is 7.50. The smallest absolute Gasteiger partial charge is 0.255 e. The highest BCUT2D eigenvalue weighted by atomic mass is 127. The van der Waals surface area contributed by atoms with Crippen molar-refractivity contribution >= 4 is 63.0 Å². The third kappa shape index (κ3) is 3.68. The van der Waals surface area contributed by atoms with Crippen molar-refractivity contribution in [2.45, 2.75) is 0 Å². The number of nitrogens with two attached hydrogens (primary N) is 1. The van der Waals surface area contributed by atoms with Crippen LogP contribution in [0.5, 0.6) is 0 Å². The average molecular weight is 417 g/mol. The second-order valence-corrected chi connectivity index (χ2v) is 6.11. The molecule has 102 valence electrons. The van der Waals surface area contributed by atoms with Gasteiger partial charge in [0.1, 0.15) is 4.99 Å². The Hall–Kier alpha value is -1.18. The fraction of sp³-hybridized carbons (Fsp3) is 0. The van der Waals surface area contributed by atoms with Crippen LogP contribution in [0, 0.1) is 3.57 Å². The number of hydrogen-bond acceptors (Lipinski definition) is 2. The van der Waals surface area contributed by atoms with E-state index in [-0.39, 0.29) is 5.91 Å². The van der Waals surface area contributed by atoms with Gasteiger partial charge in [0, 0.05) is 14.7 Å². The van der Waals surface area contributed by atoms with Gasteiger partial charge < -0.3 is 11.1 Å².